The molecule has 4 saturated carbocycles. The van der Waals surface area contributed by atoms with Gasteiger partial charge in [0.05, 0.1) is 6.54 Å². The molecule has 1 heterocycles. The average molecular weight is 571 g/mol. The molecule has 3 amide bonds. The Morgan fingerprint density at radius 2 is 1.52 bits per heavy atom. The number of aromatic nitrogens is 1. The minimum Gasteiger partial charge on any atom is -0.345 e. The number of hydrogen-bond acceptors (Lipinski definition) is 2. The van der Waals surface area contributed by atoms with Crippen molar-refractivity contribution >= 4 is 11.9 Å². The van der Waals surface area contributed by atoms with E-state index in [4.69, 9.17) is 0 Å². The van der Waals surface area contributed by atoms with Crippen LogP contribution in [0.2, 0.25) is 0 Å². The van der Waals surface area contributed by atoms with Crippen molar-refractivity contribution in [3.63, 3.8) is 0 Å². The van der Waals surface area contributed by atoms with Gasteiger partial charge in [-0.15, -0.1) is 0 Å². The maximum atomic E-state index is 14.0. The van der Waals surface area contributed by atoms with E-state index in [1.165, 1.54) is 31.4 Å². The van der Waals surface area contributed by atoms with E-state index >= 15 is 0 Å². The van der Waals surface area contributed by atoms with Gasteiger partial charge in [-0.2, -0.15) is 0 Å². The van der Waals surface area contributed by atoms with Crippen molar-refractivity contribution in [3.05, 3.63) is 95.6 Å². The zero-order valence-electron chi connectivity index (χ0n) is 24.8. The first-order chi connectivity index (χ1) is 20.2. The average Bonchev–Trinajstić information content (AvgIpc) is 3.38. The van der Waals surface area contributed by atoms with Crippen molar-refractivity contribution < 1.29 is 14.0 Å². The first-order valence-electron chi connectivity index (χ1n) is 15.5. The minimum atomic E-state index is -0.256. The Morgan fingerprint density at radius 1 is 0.881 bits per heavy atom. The molecule has 6 nitrogen and oxygen atoms in total. The molecule has 7 rings (SSSR count). The predicted molar refractivity (Wildman–Crippen MR) is 162 cm³/mol. The molecule has 0 radical (unpaired) electrons. The lowest BCUT2D eigenvalue weighted by Crippen LogP contribution is -2.63. The van der Waals surface area contributed by atoms with Gasteiger partial charge >= 0.3 is 6.03 Å². The summed E-state index contributed by atoms with van der Waals surface area (Å²) in [5.41, 5.74) is 2.91. The number of hydrogen-bond donors (Lipinski definition) is 1. The van der Waals surface area contributed by atoms with E-state index in [0.717, 1.165) is 53.8 Å². The van der Waals surface area contributed by atoms with Gasteiger partial charge in [0.1, 0.15) is 12.4 Å². The predicted octanol–water partition coefficient (Wildman–Crippen LogP) is 6.59. The highest BCUT2D eigenvalue weighted by Crippen LogP contribution is 2.55. The molecule has 1 aromatic heterocycles. The Bertz CT molecular complexity index is 1350. The number of carbonyl (C=O) groups is 2. The highest BCUT2D eigenvalue weighted by atomic mass is 19.1. The lowest BCUT2D eigenvalue weighted by Gasteiger charge is -2.57. The summed E-state index contributed by atoms with van der Waals surface area (Å²) < 4.78 is 15.6. The van der Waals surface area contributed by atoms with Crippen molar-refractivity contribution in [2.24, 2.45) is 17.8 Å². The van der Waals surface area contributed by atoms with Gasteiger partial charge in [-0.3, -0.25) is 4.79 Å². The second-order valence-corrected chi connectivity index (χ2v) is 13.3. The van der Waals surface area contributed by atoms with Crippen LogP contribution in [0.25, 0.3) is 0 Å². The Hall–Kier alpha value is -3.61. The highest BCUT2D eigenvalue weighted by molar-refractivity contribution is 5.84. The van der Waals surface area contributed by atoms with Crippen molar-refractivity contribution in [2.45, 2.75) is 83.6 Å². The van der Waals surface area contributed by atoms with Gasteiger partial charge in [0.25, 0.3) is 0 Å². The SMILES string of the molecule is CC(C)N(CC(=O)N(Cc1ccccc1)Cc1cccn1Cc1ccc(F)cc1)C(=O)NC12CC3CC(CC(C3)C1)C2. The summed E-state index contributed by atoms with van der Waals surface area (Å²) in [5, 5.41) is 3.47. The van der Waals surface area contributed by atoms with Crippen LogP contribution in [0.1, 0.15) is 69.2 Å². The summed E-state index contributed by atoms with van der Waals surface area (Å²) in [6.45, 7) is 5.45. The fourth-order valence-corrected chi connectivity index (χ4v) is 8.06. The van der Waals surface area contributed by atoms with E-state index in [2.05, 4.69) is 9.88 Å². The molecule has 0 spiro atoms. The van der Waals surface area contributed by atoms with Gasteiger partial charge in [-0.1, -0.05) is 42.5 Å². The fraction of sp³-hybridized carbons (Fsp3) is 0.486. The van der Waals surface area contributed by atoms with Crippen LogP contribution in [0, 0.1) is 23.6 Å². The second kappa shape index (κ2) is 11.9. The Kier molecular flexibility index (Phi) is 8.11. The maximum Gasteiger partial charge on any atom is 0.318 e. The van der Waals surface area contributed by atoms with Gasteiger partial charge in [0, 0.05) is 36.6 Å². The van der Waals surface area contributed by atoms with Crippen molar-refractivity contribution in [1.29, 1.82) is 0 Å². The Labute approximate surface area is 248 Å². The first kappa shape index (κ1) is 28.5. The van der Waals surface area contributed by atoms with Crippen LogP contribution in [-0.2, 0) is 24.4 Å². The fourth-order valence-electron chi connectivity index (χ4n) is 8.06. The first-order valence-corrected chi connectivity index (χ1v) is 15.5. The minimum absolute atomic E-state index is 0.0291. The second-order valence-electron chi connectivity index (χ2n) is 13.3. The molecule has 4 aliphatic rings. The number of halogens is 1. The molecule has 222 valence electrons. The van der Waals surface area contributed by atoms with Crippen molar-refractivity contribution in [2.75, 3.05) is 6.54 Å². The lowest BCUT2D eigenvalue weighted by molar-refractivity contribution is -0.133. The largest absolute Gasteiger partial charge is 0.345 e. The number of carbonyl (C=O) groups excluding carboxylic acids is 2. The van der Waals surface area contributed by atoms with E-state index in [0.29, 0.717) is 19.6 Å². The van der Waals surface area contributed by atoms with Crippen LogP contribution in [0.5, 0.6) is 0 Å². The smallest absolute Gasteiger partial charge is 0.318 e. The molecule has 0 aliphatic heterocycles. The quantitative estimate of drug-likeness (QED) is 0.299. The highest BCUT2D eigenvalue weighted by Gasteiger charge is 2.52. The van der Waals surface area contributed by atoms with Crippen LogP contribution in [0.3, 0.4) is 0 Å². The molecule has 2 aromatic carbocycles. The molecule has 4 fully saturated rings. The standard InChI is InChI=1S/C35H43FN4O2/c1-25(2)40(34(42)37-35-18-28-15-29(19-35)17-30(16-28)20-35)24-33(41)39(22-26-7-4-3-5-8-26)23-32-9-6-14-38(32)21-27-10-12-31(36)13-11-27/h3-14,25,28-30H,15-24H2,1-2H3,(H,37,42). The lowest BCUT2D eigenvalue weighted by atomic mass is 9.53. The molecule has 7 heteroatoms. The van der Waals surface area contributed by atoms with Gasteiger partial charge in [0.2, 0.25) is 5.91 Å². The summed E-state index contributed by atoms with van der Waals surface area (Å²) in [4.78, 5) is 31.4. The van der Waals surface area contributed by atoms with Gasteiger partial charge in [-0.25, -0.2) is 9.18 Å². The third kappa shape index (κ3) is 6.40. The Morgan fingerprint density at radius 3 is 2.14 bits per heavy atom. The summed E-state index contributed by atoms with van der Waals surface area (Å²) in [6.07, 6.45) is 9.18. The Balaban J connectivity index is 1.18. The van der Waals surface area contributed by atoms with Crippen LogP contribution in [0.4, 0.5) is 9.18 Å². The summed E-state index contributed by atoms with van der Waals surface area (Å²) in [6, 6.07) is 20.3. The van der Waals surface area contributed by atoms with E-state index in [9.17, 15) is 14.0 Å². The van der Waals surface area contributed by atoms with E-state index in [1.54, 1.807) is 17.0 Å². The molecular weight excluding hydrogens is 527 g/mol. The summed E-state index contributed by atoms with van der Waals surface area (Å²) in [7, 11) is 0. The van der Waals surface area contributed by atoms with E-state index in [1.807, 2.05) is 67.4 Å². The van der Waals surface area contributed by atoms with E-state index < -0.39 is 0 Å². The topological polar surface area (TPSA) is 57.6 Å². The third-order valence-electron chi connectivity index (χ3n) is 9.71. The van der Waals surface area contributed by atoms with Gasteiger partial charge in [0.15, 0.2) is 0 Å². The van der Waals surface area contributed by atoms with Crippen molar-refractivity contribution in [1.82, 2.24) is 19.7 Å². The van der Waals surface area contributed by atoms with Crippen LogP contribution in [0.15, 0.2) is 72.9 Å². The molecule has 0 unspecified atom stereocenters. The number of nitrogens with zero attached hydrogens (tertiary/aromatic N) is 3. The molecule has 4 bridgehead atoms. The number of benzene rings is 2. The summed E-state index contributed by atoms with van der Waals surface area (Å²) >= 11 is 0. The number of urea groups is 1. The molecular formula is C35H43FN4O2. The van der Waals surface area contributed by atoms with E-state index in [-0.39, 0.29) is 35.9 Å². The third-order valence-corrected chi connectivity index (χ3v) is 9.71. The molecule has 1 N–H and O–H groups in total. The number of rotatable bonds is 10. The van der Waals surface area contributed by atoms with Crippen molar-refractivity contribution in [3.8, 4) is 0 Å². The van der Waals surface area contributed by atoms with Crippen LogP contribution >= 0.6 is 0 Å². The number of nitrogens with one attached hydrogen (secondary N) is 1. The van der Waals surface area contributed by atoms with Gasteiger partial charge in [-0.05, 0) is 106 Å². The number of amides is 3. The van der Waals surface area contributed by atoms with Crippen LogP contribution in [-0.4, -0.2) is 44.4 Å². The molecule has 4 aliphatic carbocycles. The normalized spacial score (nSPS) is 24.1. The molecule has 42 heavy (non-hydrogen) atoms. The monoisotopic (exact) mass is 570 g/mol. The van der Waals surface area contributed by atoms with Gasteiger partial charge < -0.3 is 19.7 Å². The maximum absolute atomic E-state index is 14.0. The zero-order chi connectivity index (χ0) is 29.3. The molecule has 0 atom stereocenters. The zero-order valence-corrected chi connectivity index (χ0v) is 24.8. The summed E-state index contributed by atoms with van der Waals surface area (Å²) in [5.74, 6) is 1.87. The molecule has 0 saturated heterocycles. The van der Waals surface area contributed by atoms with Crippen LogP contribution < -0.4 is 5.32 Å². The molecule has 3 aromatic rings.